The molecule has 11 nitrogen and oxygen atoms in total. The molecule has 1 aliphatic rings. The molecule has 38 heavy (non-hydrogen) atoms. The van der Waals surface area contributed by atoms with Gasteiger partial charge in [-0.25, -0.2) is 4.79 Å². The number of aromatic nitrogens is 3. The molecule has 0 amide bonds. The first-order chi connectivity index (χ1) is 18.3. The molecule has 0 spiro atoms. The lowest BCUT2D eigenvalue weighted by Gasteiger charge is -2.18. The fourth-order valence-corrected chi connectivity index (χ4v) is 3.69. The van der Waals surface area contributed by atoms with E-state index < -0.39 is 42.4 Å². The quantitative estimate of drug-likeness (QED) is 0.341. The number of aliphatic hydroxyl groups excluding tert-OH is 4. The summed E-state index contributed by atoms with van der Waals surface area (Å²) in [6, 6.07) is 12.2. The van der Waals surface area contributed by atoms with Gasteiger partial charge >= 0.3 is 5.69 Å². The predicted octanol–water partition coefficient (Wildman–Crippen LogP) is 0.931. The molecule has 4 N–H and O–H groups in total. The third kappa shape index (κ3) is 7.24. The zero-order valence-electron chi connectivity index (χ0n) is 21.8. The summed E-state index contributed by atoms with van der Waals surface area (Å²) in [6.07, 6.45) is 1.70. The highest BCUT2D eigenvalue weighted by Crippen LogP contribution is 2.28. The Morgan fingerprint density at radius 3 is 2.32 bits per heavy atom. The number of hydrogen-bond acceptors (Lipinski definition) is 9. The average Bonchev–Trinajstić information content (AvgIpc) is 3.25. The summed E-state index contributed by atoms with van der Waals surface area (Å²) in [6.45, 7) is 3.37. The molecule has 3 heterocycles. The van der Waals surface area contributed by atoms with E-state index in [9.17, 15) is 24.9 Å². The van der Waals surface area contributed by atoms with E-state index in [4.69, 9.17) is 14.6 Å². The van der Waals surface area contributed by atoms with E-state index >= 15 is 0 Å². The topological polar surface area (TPSA) is 156 Å². The second-order valence-electron chi connectivity index (χ2n) is 8.09. The first-order valence-electron chi connectivity index (χ1n) is 11.9. The molecule has 1 aromatic carbocycles. The maximum absolute atomic E-state index is 13.0. The largest absolute Gasteiger partial charge is 0.497 e. The van der Waals surface area contributed by atoms with E-state index in [0.717, 1.165) is 27.4 Å². The third-order valence-electron chi connectivity index (χ3n) is 5.76. The van der Waals surface area contributed by atoms with Crippen molar-refractivity contribution in [2.45, 2.75) is 44.9 Å². The Morgan fingerprint density at radius 2 is 1.71 bits per heavy atom. The number of pyridine rings is 1. The van der Waals surface area contributed by atoms with Crippen LogP contribution < -0.4 is 16.0 Å². The van der Waals surface area contributed by atoms with E-state index in [1.807, 2.05) is 56.3 Å². The van der Waals surface area contributed by atoms with Gasteiger partial charge in [0.15, 0.2) is 6.23 Å². The van der Waals surface area contributed by atoms with E-state index in [2.05, 4.69) is 4.98 Å². The minimum atomic E-state index is -1.44. The number of rotatable bonds is 6. The molecular formula is C27H35N3O8. The maximum atomic E-state index is 13.0. The van der Waals surface area contributed by atoms with Gasteiger partial charge in [0.2, 0.25) is 0 Å². The summed E-state index contributed by atoms with van der Waals surface area (Å²) >= 11 is 0. The molecule has 0 radical (unpaired) electrons. The van der Waals surface area contributed by atoms with Crippen LogP contribution in [0, 0.1) is 0 Å². The van der Waals surface area contributed by atoms with E-state index in [-0.39, 0.29) is 6.54 Å². The van der Waals surface area contributed by atoms with Crippen LogP contribution in [0.15, 0.2) is 76.6 Å². The molecular weight excluding hydrogens is 494 g/mol. The van der Waals surface area contributed by atoms with E-state index in [0.29, 0.717) is 11.4 Å². The first kappa shape index (κ1) is 30.6. The molecule has 0 aliphatic carbocycles. The fourth-order valence-electron chi connectivity index (χ4n) is 3.69. The molecule has 2 aromatic heterocycles. The molecule has 4 unspecified atom stereocenters. The highest BCUT2D eigenvalue weighted by Gasteiger charge is 2.43. The van der Waals surface area contributed by atoms with Gasteiger partial charge in [0.05, 0.1) is 26.0 Å². The lowest BCUT2D eigenvalue weighted by atomic mass is 10.1. The smallest absolute Gasteiger partial charge is 0.333 e. The van der Waals surface area contributed by atoms with Crippen LogP contribution in [-0.4, -0.2) is 73.7 Å². The minimum Gasteiger partial charge on any atom is -0.497 e. The summed E-state index contributed by atoms with van der Waals surface area (Å²) in [5.74, 6) is 0.696. The lowest BCUT2D eigenvalue weighted by Crippen LogP contribution is -2.43. The van der Waals surface area contributed by atoms with Gasteiger partial charge in [-0.3, -0.25) is 18.9 Å². The Hall–Kier alpha value is -3.61. The van der Waals surface area contributed by atoms with Crippen molar-refractivity contribution in [2.24, 2.45) is 0 Å². The van der Waals surface area contributed by atoms with Crippen molar-refractivity contribution in [1.82, 2.24) is 14.1 Å². The van der Waals surface area contributed by atoms with Crippen LogP contribution in [0.5, 0.6) is 5.75 Å². The Kier molecular flexibility index (Phi) is 12.1. The minimum absolute atomic E-state index is 0.106. The summed E-state index contributed by atoms with van der Waals surface area (Å²) in [5, 5.41) is 36.5. The van der Waals surface area contributed by atoms with Gasteiger partial charge in [-0.05, 0) is 49.2 Å². The Labute approximate surface area is 220 Å². The molecule has 0 bridgehead atoms. The average molecular weight is 530 g/mol. The molecule has 3 aromatic rings. The summed E-state index contributed by atoms with van der Waals surface area (Å²) in [5.41, 5.74) is 0.912. The Morgan fingerprint density at radius 1 is 1.03 bits per heavy atom. The first-order valence-corrected chi connectivity index (χ1v) is 11.9. The normalized spacial score (nSPS) is 20.3. The summed E-state index contributed by atoms with van der Waals surface area (Å²) < 4.78 is 12.7. The van der Waals surface area contributed by atoms with Crippen LogP contribution in [0.1, 0.15) is 25.8 Å². The van der Waals surface area contributed by atoms with Gasteiger partial charge in [-0.15, -0.1) is 0 Å². The molecule has 4 atom stereocenters. The van der Waals surface area contributed by atoms with Gasteiger partial charge in [-0.2, -0.15) is 0 Å². The molecule has 0 saturated carbocycles. The number of aliphatic hydroxyl groups is 4. The van der Waals surface area contributed by atoms with Crippen LogP contribution in [-0.2, 0) is 11.3 Å². The van der Waals surface area contributed by atoms with Crippen molar-refractivity contribution in [3.05, 3.63) is 93.5 Å². The molecule has 1 aliphatic heterocycles. The number of nitrogens with zero attached hydrogens (tertiary/aromatic N) is 3. The number of benzene rings is 1. The predicted molar refractivity (Wildman–Crippen MR) is 142 cm³/mol. The van der Waals surface area contributed by atoms with Gasteiger partial charge < -0.3 is 29.9 Å². The molecule has 11 heteroatoms. The van der Waals surface area contributed by atoms with Gasteiger partial charge in [-0.1, -0.05) is 24.3 Å². The van der Waals surface area contributed by atoms with Gasteiger partial charge in [0.25, 0.3) is 5.56 Å². The third-order valence-corrected chi connectivity index (χ3v) is 5.76. The number of methoxy groups -OCH3 is 1. The Balaban J connectivity index is 0.000000773. The van der Waals surface area contributed by atoms with Gasteiger partial charge in [0.1, 0.15) is 24.1 Å². The molecule has 1 fully saturated rings. The van der Waals surface area contributed by atoms with Crippen LogP contribution >= 0.6 is 0 Å². The van der Waals surface area contributed by atoms with Crippen LogP contribution in [0.2, 0.25) is 0 Å². The summed E-state index contributed by atoms with van der Waals surface area (Å²) in [4.78, 5) is 29.7. The Bertz CT molecular complexity index is 1300. The second-order valence-corrected chi connectivity index (χ2v) is 8.09. The standard InChI is InChI=1S/C22H23N3O7.C4H8.CH4O/c1-31-16-4-2-3-13(10-16)14-5-7-23-15(9-14)11-25-18(27)6-8-24(22(25)30)21-20(29)19(28)17(12-26)32-21;1-3-4-2;1-2/h2-10,17,19-21,26,28-29H,11-12H2,1H3;3-4H,1-2H3;2H,1H3/b;4-3-;. The molecule has 206 valence electrons. The highest BCUT2D eigenvalue weighted by atomic mass is 16.6. The zero-order valence-corrected chi connectivity index (χ0v) is 21.8. The number of ether oxygens (including phenoxy) is 2. The molecule has 4 rings (SSSR count). The lowest BCUT2D eigenvalue weighted by molar-refractivity contribution is -0.0555. The van der Waals surface area contributed by atoms with Crippen molar-refractivity contribution in [3.63, 3.8) is 0 Å². The van der Waals surface area contributed by atoms with Gasteiger partial charge in [0, 0.05) is 25.6 Å². The number of hydrogen-bond donors (Lipinski definition) is 4. The van der Waals surface area contributed by atoms with Crippen LogP contribution in [0.4, 0.5) is 0 Å². The van der Waals surface area contributed by atoms with Crippen molar-refractivity contribution in [3.8, 4) is 16.9 Å². The zero-order chi connectivity index (χ0) is 28.2. The van der Waals surface area contributed by atoms with Crippen LogP contribution in [0.25, 0.3) is 11.1 Å². The van der Waals surface area contributed by atoms with E-state index in [1.54, 1.807) is 19.4 Å². The van der Waals surface area contributed by atoms with E-state index in [1.165, 1.54) is 12.3 Å². The SMILES string of the molecule is C/C=C\C.CO.COc1cccc(-c2ccnc(Cn3c(=O)ccn(C4OC(CO)C(O)C4O)c3=O)c2)c1. The summed E-state index contributed by atoms with van der Waals surface area (Å²) in [7, 11) is 2.58. The monoisotopic (exact) mass is 529 g/mol. The maximum Gasteiger partial charge on any atom is 0.333 e. The van der Waals surface area contributed by atoms with Crippen molar-refractivity contribution in [2.75, 3.05) is 20.8 Å². The van der Waals surface area contributed by atoms with Crippen molar-refractivity contribution < 1.29 is 29.9 Å². The highest BCUT2D eigenvalue weighted by molar-refractivity contribution is 5.65. The molecule has 1 saturated heterocycles. The number of allylic oxidation sites excluding steroid dienone is 2. The second kappa shape index (κ2) is 15.0. The van der Waals surface area contributed by atoms with Crippen molar-refractivity contribution in [1.29, 1.82) is 0 Å². The van der Waals surface area contributed by atoms with Crippen LogP contribution in [0.3, 0.4) is 0 Å². The van der Waals surface area contributed by atoms with Crippen molar-refractivity contribution >= 4 is 0 Å². The fraction of sp³-hybridized carbons (Fsp3) is 0.370.